The molecule has 1 aromatic rings. The Kier molecular flexibility index (Phi) is 4.29. The number of likely N-dealkylation sites (N-methyl/N-ethyl adjacent to an activating group) is 1. The van der Waals surface area contributed by atoms with E-state index in [0.29, 0.717) is 0 Å². The molecule has 5 heteroatoms. The third-order valence-corrected chi connectivity index (χ3v) is 8.62. The van der Waals surface area contributed by atoms with E-state index in [4.69, 9.17) is 5.11 Å². The maximum absolute atomic E-state index is 11.0. The van der Waals surface area contributed by atoms with Crippen molar-refractivity contribution in [3.05, 3.63) is 52.8 Å². The summed E-state index contributed by atoms with van der Waals surface area (Å²) in [5.74, 6) is -0.816. The van der Waals surface area contributed by atoms with E-state index in [1.807, 2.05) is 13.1 Å². The maximum Gasteiger partial charge on any atom is 0.369 e. The molecule has 0 aromatic heterocycles. The standard InChI is InChI=1S/C20H24N2O2Si/c1-21(2)16-8-6-14-10-15-7-9-17(22(3)13-20(23)24)12-19(15)25(4,5)18(14)11-16/h6-12H,13H2,1-5H3/p+1. The minimum Gasteiger partial charge on any atom is -0.477 e. The van der Waals surface area contributed by atoms with E-state index < -0.39 is 14.0 Å². The van der Waals surface area contributed by atoms with Gasteiger partial charge in [-0.2, -0.15) is 0 Å². The Labute approximate surface area is 150 Å². The molecule has 130 valence electrons. The van der Waals surface area contributed by atoms with E-state index >= 15 is 0 Å². The Morgan fingerprint density at radius 1 is 1.20 bits per heavy atom. The van der Waals surface area contributed by atoms with Gasteiger partial charge in [-0.3, -0.25) is 0 Å². The van der Waals surface area contributed by atoms with Crippen molar-refractivity contribution in [1.82, 2.24) is 0 Å². The van der Waals surface area contributed by atoms with Crippen molar-refractivity contribution in [2.75, 3.05) is 32.6 Å². The van der Waals surface area contributed by atoms with Crippen LogP contribution in [-0.2, 0) is 4.79 Å². The van der Waals surface area contributed by atoms with Crippen molar-refractivity contribution >= 4 is 36.7 Å². The second-order valence-electron chi connectivity index (χ2n) is 7.46. The van der Waals surface area contributed by atoms with Crippen LogP contribution < -0.4 is 10.1 Å². The van der Waals surface area contributed by atoms with Crippen LogP contribution in [0.5, 0.6) is 0 Å². The normalized spacial score (nSPS) is 19.4. The van der Waals surface area contributed by atoms with Crippen molar-refractivity contribution in [3.63, 3.8) is 0 Å². The molecule has 1 aliphatic heterocycles. The lowest BCUT2D eigenvalue weighted by Crippen LogP contribution is -2.48. The molecule has 25 heavy (non-hydrogen) atoms. The number of hydrogen-bond acceptors (Lipinski definition) is 2. The summed E-state index contributed by atoms with van der Waals surface area (Å²) in [5.41, 5.74) is 4.74. The molecule has 2 aliphatic rings. The Balaban J connectivity index is 2.13. The largest absolute Gasteiger partial charge is 0.477 e. The SMILES string of the molecule is CN(C)c1ccc2c(c1)[Si](C)(C)C1=C/C(=[N+](\C)CC(=O)O)C=CC1=C2. The van der Waals surface area contributed by atoms with Gasteiger partial charge in [0.2, 0.25) is 6.54 Å². The maximum atomic E-state index is 11.0. The summed E-state index contributed by atoms with van der Waals surface area (Å²) in [4.78, 5) is 13.2. The second kappa shape index (κ2) is 6.15. The number of anilines is 1. The molecule has 1 heterocycles. The first-order valence-corrected chi connectivity index (χ1v) is 11.4. The van der Waals surface area contributed by atoms with Crippen LogP contribution in [0.4, 0.5) is 5.69 Å². The van der Waals surface area contributed by atoms with Gasteiger partial charge in [0.1, 0.15) is 15.1 Å². The zero-order valence-corrected chi connectivity index (χ0v) is 16.5. The molecule has 0 bridgehead atoms. The van der Waals surface area contributed by atoms with Crippen LogP contribution in [-0.4, -0.2) is 57.1 Å². The van der Waals surface area contributed by atoms with Crippen molar-refractivity contribution in [2.24, 2.45) is 0 Å². The van der Waals surface area contributed by atoms with Crippen LogP contribution in [0.15, 0.2) is 47.2 Å². The summed E-state index contributed by atoms with van der Waals surface area (Å²) in [6.45, 7) is 4.75. The number of carbonyl (C=O) groups is 1. The van der Waals surface area contributed by atoms with Gasteiger partial charge >= 0.3 is 5.97 Å². The van der Waals surface area contributed by atoms with E-state index in [9.17, 15) is 4.79 Å². The van der Waals surface area contributed by atoms with E-state index in [-0.39, 0.29) is 6.54 Å². The van der Waals surface area contributed by atoms with Gasteiger partial charge in [-0.05, 0) is 45.8 Å². The van der Waals surface area contributed by atoms with E-state index in [2.05, 4.69) is 68.5 Å². The van der Waals surface area contributed by atoms with E-state index in [1.165, 1.54) is 27.2 Å². The molecule has 4 nitrogen and oxygen atoms in total. The lowest BCUT2D eigenvalue weighted by Gasteiger charge is -2.35. The predicted octanol–water partition coefficient (Wildman–Crippen LogP) is 2.27. The number of hydrogen-bond donors (Lipinski definition) is 1. The fraction of sp³-hybridized carbons (Fsp3) is 0.300. The van der Waals surface area contributed by atoms with Gasteiger partial charge in [0, 0.05) is 31.9 Å². The number of aliphatic carboxylic acids is 1. The molecule has 0 saturated carbocycles. The molecule has 0 spiro atoms. The zero-order chi connectivity index (χ0) is 18.4. The molecular weight excluding hydrogens is 328 g/mol. The predicted molar refractivity (Wildman–Crippen MR) is 107 cm³/mol. The molecule has 0 atom stereocenters. The molecule has 0 radical (unpaired) electrons. The molecule has 0 saturated heterocycles. The average molecular weight is 354 g/mol. The number of carboxylic acid groups (broad SMARTS) is 1. The molecule has 0 fully saturated rings. The molecule has 1 aliphatic carbocycles. The van der Waals surface area contributed by atoms with Crippen LogP contribution in [0.1, 0.15) is 5.56 Å². The summed E-state index contributed by atoms with van der Waals surface area (Å²) >= 11 is 0. The highest BCUT2D eigenvalue weighted by atomic mass is 28.3. The number of rotatable bonds is 3. The lowest BCUT2D eigenvalue weighted by molar-refractivity contribution is -0.485. The third kappa shape index (κ3) is 3.12. The summed E-state index contributed by atoms with van der Waals surface area (Å²) in [6, 6.07) is 6.70. The van der Waals surface area contributed by atoms with E-state index in [0.717, 1.165) is 5.71 Å². The number of allylic oxidation sites excluding steroid dienone is 5. The van der Waals surface area contributed by atoms with Crippen LogP contribution >= 0.6 is 0 Å². The van der Waals surface area contributed by atoms with Crippen LogP contribution in [0.2, 0.25) is 13.1 Å². The first kappa shape index (κ1) is 17.4. The topological polar surface area (TPSA) is 43.5 Å². The van der Waals surface area contributed by atoms with Gasteiger partial charge in [0.15, 0.2) is 5.71 Å². The minimum absolute atomic E-state index is 0.00580. The Bertz CT molecular complexity index is 874. The Hall–Kier alpha value is -2.40. The zero-order valence-electron chi connectivity index (χ0n) is 15.5. The van der Waals surface area contributed by atoms with Crippen molar-refractivity contribution in [1.29, 1.82) is 0 Å². The highest BCUT2D eigenvalue weighted by molar-refractivity contribution is 6.97. The molecular formula is C20H25N2O2Si+. The van der Waals surface area contributed by atoms with Gasteiger partial charge < -0.3 is 10.0 Å². The summed E-state index contributed by atoms with van der Waals surface area (Å²) in [6.07, 6.45) is 8.58. The highest BCUT2D eigenvalue weighted by Gasteiger charge is 2.37. The fourth-order valence-electron chi connectivity index (χ4n) is 3.55. The van der Waals surface area contributed by atoms with Gasteiger partial charge in [0.25, 0.3) is 0 Å². The summed E-state index contributed by atoms with van der Waals surface area (Å²) in [5, 5.41) is 11.9. The monoisotopic (exact) mass is 353 g/mol. The van der Waals surface area contributed by atoms with Crippen LogP contribution in [0, 0.1) is 0 Å². The number of carboxylic acids is 1. The minimum atomic E-state index is -1.86. The Morgan fingerprint density at radius 2 is 1.92 bits per heavy atom. The molecule has 1 aromatic carbocycles. The molecule has 3 rings (SSSR count). The van der Waals surface area contributed by atoms with Crippen molar-refractivity contribution in [2.45, 2.75) is 13.1 Å². The smallest absolute Gasteiger partial charge is 0.369 e. The lowest BCUT2D eigenvalue weighted by atomic mass is 10.0. The van der Waals surface area contributed by atoms with Crippen LogP contribution in [0.25, 0.3) is 6.08 Å². The van der Waals surface area contributed by atoms with Crippen molar-refractivity contribution in [3.8, 4) is 0 Å². The fourth-order valence-corrected chi connectivity index (χ4v) is 6.61. The summed E-state index contributed by atoms with van der Waals surface area (Å²) < 4.78 is 1.79. The van der Waals surface area contributed by atoms with Gasteiger partial charge in [0.05, 0.1) is 0 Å². The molecule has 0 amide bonds. The third-order valence-electron chi connectivity index (χ3n) is 5.06. The average Bonchev–Trinajstić information content (AvgIpc) is 2.53. The van der Waals surface area contributed by atoms with Crippen LogP contribution in [0.3, 0.4) is 0 Å². The number of nitrogens with zero attached hydrogens (tertiary/aromatic N) is 2. The second-order valence-corrected chi connectivity index (χ2v) is 11.8. The first-order valence-electron chi connectivity index (χ1n) is 8.44. The van der Waals surface area contributed by atoms with Crippen molar-refractivity contribution < 1.29 is 14.5 Å². The quantitative estimate of drug-likeness (QED) is 0.670. The van der Waals surface area contributed by atoms with Gasteiger partial charge in [-0.1, -0.05) is 19.2 Å². The highest BCUT2D eigenvalue weighted by Crippen LogP contribution is 2.34. The first-order chi connectivity index (χ1) is 11.7. The summed E-state index contributed by atoms with van der Waals surface area (Å²) in [7, 11) is 4.10. The van der Waals surface area contributed by atoms with Gasteiger partial charge in [-0.15, -0.1) is 0 Å². The number of fused-ring (bicyclic) bond motifs is 2. The van der Waals surface area contributed by atoms with E-state index in [1.54, 1.807) is 4.58 Å². The number of benzene rings is 1. The van der Waals surface area contributed by atoms with Gasteiger partial charge in [-0.25, -0.2) is 9.37 Å². The Morgan fingerprint density at radius 3 is 2.56 bits per heavy atom. The molecule has 1 N–H and O–H groups in total. The molecule has 0 unspecified atom stereocenters.